The van der Waals surface area contributed by atoms with Crippen LogP contribution in [0.15, 0.2) is 71.7 Å². The first-order valence-electron chi connectivity index (χ1n) is 11.4. The number of halogens is 1. The second-order valence-electron chi connectivity index (χ2n) is 8.72. The lowest BCUT2D eigenvalue weighted by molar-refractivity contribution is 0.307. The van der Waals surface area contributed by atoms with Gasteiger partial charge < -0.3 is 4.74 Å². The molecule has 0 bridgehead atoms. The number of nitrogens with zero attached hydrogens (tertiary/aromatic N) is 4. The Bertz CT molecular complexity index is 1620. The second kappa shape index (κ2) is 9.04. The van der Waals surface area contributed by atoms with Gasteiger partial charge in [-0.25, -0.2) is 9.67 Å². The number of aryl methyl sites for hydroxylation is 4. The Hall–Kier alpha value is -3.90. The number of aromatic nitrogens is 4. The number of ether oxygens (including phenoxy) is 1. The third kappa shape index (κ3) is 4.33. The fraction of sp³-hybridized carbons (Fsp3) is 0.179. The molecule has 0 spiro atoms. The van der Waals surface area contributed by atoms with Crippen LogP contribution in [-0.2, 0) is 6.61 Å². The number of pyridine rings is 1. The number of hydrogen-bond acceptors (Lipinski definition) is 4. The molecule has 0 N–H and O–H groups in total. The first-order valence-corrected chi connectivity index (χ1v) is 11.7. The van der Waals surface area contributed by atoms with Gasteiger partial charge in [-0.15, -0.1) is 0 Å². The molecular formula is C28H25ClN4O2. The lowest BCUT2D eigenvalue weighted by Crippen LogP contribution is -2.19. The van der Waals surface area contributed by atoms with E-state index in [-0.39, 0.29) is 5.56 Å². The van der Waals surface area contributed by atoms with Crippen molar-refractivity contribution in [3.63, 3.8) is 0 Å². The molecule has 0 aliphatic carbocycles. The molecule has 2 aromatic carbocycles. The highest BCUT2D eigenvalue weighted by Gasteiger charge is 2.18. The van der Waals surface area contributed by atoms with Crippen LogP contribution >= 0.6 is 11.6 Å². The van der Waals surface area contributed by atoms with Crippen LogP contribution in [0.2, 0.25) is 5.02 Å². The topological polar surface area (TPSA) is 61.4 Å². The van der Waals surface area contributed by atoms with Crippen molar-refractivity contribution in [3.8, 4) is 22.7 Å². The van der Waals surface area contributed by atoms with Crippen LogP contribution < -0.4 is 10.3 Å². The van der Waals surface area contributed by atoms with Gasteiger partial charge in [0.15, 0.2) is 11.4 Å². The second-order valence-corrected chi connectivity index (χ2v) is 9.16. The minimum absolute atomic E-state index is 0.189. The summed E-state index contributed by atoms with van der Waals surface area (Å²) in [5, 5.41) is 5.37. The predicted octanol–water partition coefficient (Wildman–Crippen LogP) is 6.01. The van der Waals surface area contributed by atoms with Crippen molar-refractivity contribution in [2.24, 2.45) is 0 Å². The minimum atomic E-state index is -0.189. The summed E-state index contributed by atoms with van der Waals surface area (Å²) in [5.41, 5.74) is 7.13. The molecule has 3 aromatic heterocycles. The van der Waals surface area contributed by atoms with Crippen molar-refractivity contribution in [2.75, 3.05) is 0 Å². The minimum Gasteiger partial charge on any atom is -0.485 e. The van der Waals surface area contributed by atoms with E-state index >= 15 is 0 Å². The predicted molar refractivity (Wildman–Crippen MR) is 139 cm³/mol. The summed E-state index contributed by atoms with van der Waals surface area (Å²) >= 11 is 6.03. The molecule has 176 valence electrons. The average Bonchev–Trinajstić information content (AvgIpc) is 3.21. The fourth-order valence-electron chi connectivity index (χ4n) is 4.20. The van der Waals surface area contributed by atoms with Gasteiger partial charge in [0.25, 0.3) is 5.56 Å². The van der Waals surface area contributed by atoms with Crippen LogP contribution in [0.25, 0.3) is 22.6 Å². The van der Waals surface area contributed by atoms with Crippen molar-refractivity contribution in [1.82, 2.24) is 19.2 Å². The Balaban J connectivity index is 1.55. The van der Waals surface area contributed by atoms with Gasteiger partial charge >= 0.3 is 0 Å². The monoisotopic (exact) mass is 484 g/mol. The summed E-state index contributed by atoms with van der Waals surface area (Å²) in [7, 11) is 0. The molecule has 0 saturated carbocycles. The highest BCUT2D eigenvalue weighted by atomic mass is 35.5. The van der Waals surface area contributed by atoms with Crippen molar-refractivity contribution in [2.45, 2.75) is 34.3 Å². The van der Waals surface area contributed by atoms with E-state index < -0.39 is 0 Å². The van der Waals surface area contributed by atoms with Gasteiger partial charge in [-0.2, -0.15) is 5.10 Å². The van der Waals surface area contributed by atoms with Crippen molar-refractivity contribution in [1.29, 1.82) is 0 Å². The van der Waals surface area contributed by atoms with E-state index in [1.807, 2.05) is 50.2 Å². The van der Waals surface area contributed by atoms with Crippen LogP contribution in [0.1, 0.15) is 28.1 Å². The molecule has 0 unspecified atom stereocenters. The standard InChI is InChI=1S/C28H25ClN4O2/c1-17-7-8-18(2)21(14-17)16-35-25-6-5-13-32-27(25)30-20(4)26(28(32)34)24-15-19(3)33(31-24)23-11-9-22(29)10-12-23/h5-15H,16H2,1-4H3. The molecule has 6 nitrogen and oxygen atoms in total. The van der Waals surface area contributed by atoms with Gasteiger partial charge in [-0.1, -0.05) is 35.4 Å². The van der Waals surface area contributed by atoms with Crippen molar-refractivity contribution < 1.29 is 4.74 Å². The van der Waals surface area contributed by atoms with E-state index in [4.69, 9.17) is 26.4 Å². The van der Waals surface area contributed by atoms with E-state index in [0.29, 0.717) is 40.0 Å². The lowest BCUT2D eigenvalue weighted by atomic mass is 10.1. The average molecular weight is 485 g/mol. The van der Waals surface area contributed by atoms with E-state index in [1.54, 1.807) is 16.9 Å². The summed E-state index contributed by atoms with van der Waals surface area (Å²) in [6.07, 6.45) is 1.71. The summed E-state index contributed by atoms with van der Waals surface area (Å²) in [4.78, 5) is 18.3. The zero-order valence-corrected chi connectivity index (χ0v) is 20.8. The Morgan fingerprint density at radius 2 is 1.74 bits per heavy atom. The highest BCUT2D eigenvalue weighted by molar-refractivity contribution is 6.30. The van der Waals surface area contributed by atoms with Gasteiger partial charge in [0.05, 0.1) is 16.9 Å². The molecule has 0 fully saturated rings. The van der Waals surface area contributed by atoms with E-state index in [2.05, 4.69) is 32.0 Å². The van der Waals surface area contributed by atoms with Crippen LogP contribution in [0.5, 0.6) is 5.75 Å². The van der Waals surface area contributed by atoms with Gasteiger partial charge in [0, 0.05) is 16.9 Å². The molecular weight excluding hydrogens is 460 g/mol. The molecule has 0 saturated heterocycles. The van der Waals surface area contributed by atoms with E-state index in [0.717, 1.165) is 22.5 Å². The molecule has 3 heterocycles. The normalized spacial score (nSPS) is 11.2. The summed E-state index contributed by atoms with van der Waals surface area (Å²) in [6.45, 7) is 8.30. The van der Waals surface area contributed by atoms with Crippen LogP contribution in [0.3, 0.4) is 0 Å². The summed E-state index contributed by atoms with van der Waals surface area (Å²) in [5.74, 6) is 0.558. The highest BCUT2D eigenvalue weighted by Crippen LogP contribution is 2.25. The molecule has 0 radical (unpaired) electrons. The Kier molecular flexibility index (Phi) is 5.91. The first-order chi connectivity index (χ1) is 16.8. The van der Waals surface area contributed by atoms with Crippen molar-refractivity contribution in [3.05, 3.63) is 110 Å². The molecule has 0 aliphatic rings. The maximum Gasteiger partial charge on any atom is 0.267 e. The summed E-state index contributed by atoms with van der Waals surface area (Å²) in [6, 6.07) is 19.2. The molecule has 5 rings (SSSR count). The van der Waals surface area contributed by atoms with Crippen LogP contribution in [0.4, 0.5) is 0 Å². The van der Waals surface area contributed by atoms with Crippen molar-refractivity contribution >= 4 is 17.2 Å². The quantitative estimate of drug-likeness (QED) is 0.306. The molecule has 0 atom stereocenters. The molecule has 5 aromatic rings. The smallest absolute Gasteiger partial charge is 0.267 e. The Morgan fingerprint density at radius 1 is 0.971 bits per heavy atom. The number of hydrogen-bond donors (Lipinski definition) is 0. The van der Waals surface area contributed by atoms with Gasteiger partial charge in [0.1, 0.15) is 12.3 Å². The van der Waals surface area contributed by atoms with Crippen LogP contribution in [0, 0.1) is 27.7 Å². The van der Waals surface area contributed by atoms with Crippen LogP contribution in [-0.4, -0.2) is 19.2 Å². The molecule has 0 amide bonds. The molecule has 0 aliphatic heterocycles. The maximum atomic E-state index is 13.6. The van der Waals surface area contributed by atoms with Gasteiger partial charge in [-0.05, 0) is 81.3 Å². The first kappa shape index (κ1) is 22.9. The third-order valence-corrected chi connectivity index (χ3v) is 6.35. The molecule has 7 heteroatoms. The largest absolute Gasteiger partial charge is 0.485 e. The summed E-state index contributed by atoms with van der Waals surface area (Å²) < 4.78 is 9.45. The number of rotatable bonds is 5. The number of benzene rings is 2. The lowest BCUT2D eigenvalue weighted by Gasteiger charge is -2.13. The maximum absolute atomic E-state index is 13.6. The fourth-order valence-corrected chi connectivity index (χ4v) is 4.33. The zero-order chi connectivity index (χ0) is 24.7. The Labute approximate surface area is 208 Å². The SMILES string of the molecule is Cc1ccc(C)c(COc2cccn3c(=O)c(-c4cc(C)n(-c5ccc(Cl)cc5)n4)c(C)nc23)c1. The van der Waals surface area contributed by atoms with E-state index in [1.165, 1.54) is 9.96 Å². The van der Waals surface area contributed by atoms with Gasteiger partial charge in [-0.3, -0.25) is 9.20 Å². The third-order valence-electron chi connectivity index (χ3n) is 6.10. The number of fused-ring (bicyclic) bond motifs is 1. The zero-order valence-electron chi connectivity index (χ0n) is 20.0. The molecule has 35 heavy (non-hydrogen) atoms. The van der Waals surface area contributed by atoms with Gasteiger partial charge in [0.2, 0.25) is 0 Å². The van der Waals surface area contributed by atoms with E-state index in [9.17, 15) is 4.79 Å². The Morgan fingerprint density at radius 3 is 2.51 bits per heavy atom.